The van der Waals surface area contributed by atoms with Gasteiger partial charge in [-0.3, -0.25) is 4.79 Å². The molecule has 0 spiro atoms. The molecular formula is C22H23Cl2FN2O4. The molecule has 1 amide bonds. The van der Waals surface area contributed by atoms with Crippen LogP contribution in [0.3, 0.4) is 0 Å². The first kappa shape index (κ1) is 23.3. The average Bonchev–Trinajstić information content (AvgIpc) is 2.67. The number of aliphatic hydroxyl groups is 1. The number of esters is 1. The largest absolute Gasteiger partial charge is 0.465 e. The van der Waals surface area contributed by atoms with Gasteiger partial charge in [0.05, 0.1) is 39.9 Å². The standard InChI is InChI=1S/C22H23Cl2FN2O4/c1-10-12-8-15(23)18(21(29)31-4)19(24)11(12)5-6-27(10)20(28)13-7-14(22(2,3)30)17(26)9-16(13)25/h7-10,30H,5-6,26H2,1-4H3. The van der Waals surface area contributed by atoms with Gasteiger partial charge in [0.2, 0.25) is 0 Å². The Labute approximate surface area is 189 Å². The molecule has 0 aromatic heterocycles. The molecule has 0 aliphatic carbocycles. The molecule has 1 heterocycles. The molecule has 3 rings (SSSR count). The molecular weight excluding hydrogens is 446 g/mol. The highest BCUT2D eigenvalue weighted by Gasteiger charge is 2.34. The lowest BCUT2D eigenvalue weighted by Gasteiger charge is -2.36. The first-order valence-corrected chi connectivity index (χ1v) is 10.4. The summed E-state index contributed by atoms with van der Waals surface area (Å²) >= 11 is 12.7. The van der Waals surface area contributed by atoms with E-state index in [9.17, 15) is 19.1 Å². The molecule has 3 N–H and O–H groups in total. The predicted octanol–water partition coefficient (Wildman–Crippen LogP) is 4.49. The fourth-order valence-corrected chi connectivity index (χ4v) is 4.62. The number of nitrogens with zero attached hydrogens (tertiary/aromatic N) is 1. The number of anilines is 1. The number of amides is 1. The van der Waals surface area contributed by atoms with Gasteiger partial charge in [0.15, 0.2) is 0 Å². The van der Waals surface area contributed by atoms with Crippen LogP contribution in [0.15, 0.2) is 18.2 Å². The van der Waals surface area contributed by atoms with Crippen LogP contribution in [0.1, 0.15) is 64.2 Å². The Morgan fingerprint density at radius 2 is 1.94 bits per heavy atom. The van der Waals surface area contributed by atoms with E-state index in [1.807, 2.05) is 0 Å². The third kappa shape index (κ3) is 4.10. The number of rotatable bonds is 3. The summed E-state index contributed by atoms with van der Waals surface area (Å²) in [6.45, 7) is 5.03. The van der Waals surface area contributed by atoms with Crippen LogP contribution in [-0.2, 0) is 16.8 Å². The van der Waals surface area contributed by atoms with Crippen molar-refractivity contribution in [3.05, 3.63) is 61.9 Å². The minimum absolute atomic E-state index is 0.0625. The lowest BCUT2D eigenvalue weighted by Crippen LogP contribution is -2.39. The number of hydrogen-bond acceptors (Lipinski definition) is 5. The van der Waals surface area contributed by atoms with E-state index in [-0.39, 0.29) is 39.0 Å². The Hall–Kier alpha value is -2.35. The Balaban J connectivity index is 2.04. The van der Waals surface area contributed by atoms with Gasteiger partial charge in [0.25, 0.3) is 5.91 Å². The van der Waals surface area contributed by atoms with Crippen molar-refractivity contribution in [2.75, 3.05) is 19.4 Å². The van der Waals surface area contributed by atoms with Crippen molar-refractivity contribution in [2.24, 2.45) is 0 Å². The highest BCUT2D eigenvalue weighted by atomic mass is 35.5. The summed E-state index contributed by atoms with van der Waals surface area (Å²) in [5, 5.41) is 10.6. The molecule has 31 heavy (non-hydrogen) atoms. The lowest BCUT2D eigenvalue weighted by atomic mass is 9.90. The lowest BCUT2D eigenvalue weighted by molar-refractivity contribution is 0.0597. The van der Waals surface area contributed by atoms with Crippen molar-refractivity contribution in [3.8, 4) is 0 Å². The SMILES string of the molecule is COC(=O)c1c(Cl)cc2c(c1Cl)CCN(C(=O)c1cc(C(C)(C)O)c(N)cc1F)C2C. The highest BCUT2D eigenvalue weighted by molar-refractivity contribution is 6.40. The number of benzene rings is 2. The van der Waals surface area contributed by atoms with E-state index in [0.717, 1.165) is 6.07 Å². The Bertz CT molecular complexity index is 1080. The van der Waals surface area contributed by atoms with Gasteiger partial charge in [0, 0.05) is 17.8 Å². The molecule has 166 valence electrons. The van der Waals surface area contributed by atoms with Crippen molar-refractivity contribution in [1.29, 1.82) is 0 Å². The third-order valence-electron chi connectivity index (χ3n) is 5.55. The van der Waals surface area contributed by atoms with E-state index < -0.39 is 29.3 Å². The van der Waals surface area contributed by atoms with Gasteiger partial charge >= 0.3 is 5.97 Å². The zero-order valence-electron chi connectivity index (χ0n) is 17.6. The maximum absolute atomic E-state index is 14.7. The molecule has 0 fully saturated rings. The summed E-state index contributed by atoms with van der Waals surface area (Å²) < 4.78 is 19.4. The number of fused-ring (bicyclic) bond motifs is 1. The van der Waals surface area contributed by atoms with Gasteiger partial charge in [-0.05, 0) is 56.5 Å². The molecule has 0 radical (unpaired) electrons. The number of carbonyl (C=O) groups excluding carboxylic acids is 2. The molecule has 1 atom stereocenters. The molecule has 0 saturated heterocycles. The summed E-state index contributed by atoms with van der Waals surface area (Å²) in [5.74, 6) is -1.97. The van der Waals surface area contributed by atoms with Crippen molar-refractivity contribution >= 4 is 40.8 Å². The van der Waals surface area contributed by atoms with Crippen molar-refractivity contribution < 1.29 is 23.8 Å². The van der Waals surface area contributed by atoms with Gasteiger partial charge in [0.1, 0.15) is 5.82 Å². The number of ether oxygens (including phenoxy) is 1. The van der Waals surface area contributed by atoms with E-state index in [0.29, 0.717) is 17.5 Å². The number of carbonyl (C=O) groups is 2. The highest BCUT2D eigenvalue weighted by Crippen LogP contribution is 2.40. The van der Waals surface area contributed by atoms with Gasteiger partial charge in [-0.1, -0.05) is 23.2 Å². The fraction of sp³-hybridized carbons (Fsp3) is 0.364. The van der Waals surface area contributed by atoms with Gasteiger partial charge in [-0.25, -0.2) is 9.18 Å². The van der Waals surface area contributed by atoms with Crippen molar-refractivity contribution in [3.63, 3.8) is 0 Å². The Morgan fingerprint density at radius 3 is 2.52 bits per heavy atom. The summed E-state index contributed by atoms with van der Waals surface area (Å²) in [6, 6.07) is 3.43. The summed E-state index contributed by atoms with van der Waals surface area (Å²) in [6.07, 6.45) is 0.348. The second-order valence-corrected chi connectivity index (χ2v) is 8.79. The minimum Gasteiger partial charge on any atom is -0.465 e. The van der Waals surface area contributed by atoms with Crippen LogP contribution in [0.25, 0.3) is 0 Å². The molecule has 0 saturated carbocycles. The van der Waals surface area contributed by atoms with Crippen LogP contribution >= 0.6 is 23.2 Å². The van der Waals surface area contributed by atoms with Crippen LogP contribution in [0.2, 0.25) is 10.0 Å². The number of hydrogen-bond donors (Lipinski definition) is 2. The smallest absolute Gasteiger partial charge is 0.340 e. The van der Waals surface area contributed by atoms with Gasteiger partial charge < -0.3 is 20.5 Å². The zero-order chi connectivity index (χ0) is 23.2. The van der Waals surface area contributed by atoms with Gasteiger partial charge in [-0.15, -0.1) is 0 Å². The second-order valence-electron chi connectivity index (χ2n) is 8.01. The molecule has 1 unspecified atom stereocenters. The quantitative estimate of drug-likeness (QED) is 0.511. The van der Waals surface area contributed by atoms with E-state index in [2.05, 4.69) is 0 Å². The first-order valence-electron chi connectivity index (χ1n) is 9.60. The third-order valence-corrected chi connectivity index (χ3v) is 6.27. The van der Waals surface area contributed by atoms with E-state index in [1.54, 1.807) is 13.0 Å². The Kier molecular flexibility index (Phi) is 6.24. The van der Waals surface area contributed by atoms with Crippen LogP contribution in [0.5, 0.6) is 0 Å². The average molecular weight is 469 g/mol. The molecule has 6 nitrogen and oxygen atoms in total. The van der Waals surface area contributed by atoms with E-state index >= 15 is 0 Å². The van der Waals surface area contributed by atoms with E-state index in [1.165, 1.54) is 31.9 Å². The maximum atomic E-state index is 14.7. The van der Waals surface area contributed by atoms with Crippen molar-refractivity contribution in [2.45, 2.75) is 38.8 Å². The van der Waals surface area contributed by atoms with Crippen LogP contribution in [0, 0.1) is 5.82 Å². The first-order chi connectivity index (χ1) is 14.4. The predicted molar refractivity (Wildman–Crippen MR) is 117 cm³/mol. The normalized spacial score (nSPS) is 16.1. The summed E-state index contributed by atoms with van der Waals surface area (Å²) in [7, 11) is 1.24. The minimum atomic E-state index is -1.35. The summed E-state index contributed by atoms with van der Waals surface area (Å²) in [5.41, 5.74) is 6.06. The van der Waals surface area contributed by atoms with Gasteiger partial charge in [-0.2, -0.15) is 0 Å². The topological polar surface area (TPSA) is 92.9 Å². The second kappa shape index (κ2) is 8.30. The van der Waals surface area contributed by atoms with Crippen LogP contribution in [-0.4, -0.2) is 35.5 Å². The molecule has 2 aromatic rings. The number of halogens is 3. The molecule has 0 bridgehead atoms. The number of methoxy groups -OCH3 is 1. The summed E-state index contributed by atoms with van der Waals surface area (Å²) in [4.78, 5) is 26.8. The number of nitrogens with two attached hydrogens (primary N) is 1. The maximum Gasteiger partial charge on any atom is 0.340 e. The molecule has 2 aromatic carbocycles. The molecule has 9 heteroatoms. The van der Waals surface area contributed by atoms with Crippen LogP contribution < -0.4 is 5.73 Å². The fourth-order valence-electron chi connectivity index (χ4n) is 3.90. The molecule has 1 aliphatic heterocycles. The van der Waals surface area contributed by atoms with Crippen molar-refractivity contribution in [1.82, 2.24) is 4.90 Å². The monoisotopic (exact) mass is 468 g/mol. The van der Waals surface area contributed by atoms with E-state index in [4.69, 9.17) is 33.7 Å². The zero-order valence-corrected chi connectivity index (χ0v) is 19.1. The van der Waals surface area contributed by atoms with Crippen LogP contribution in [0.4, 0.5) is 10.1 Å². The number of nitrogen functional groups attached to an aromatic ring is 1. The molecule has 1 aliphatic rings. The Morgan fingerprint density at radius 1 is 1.29 bits per heavy atom.